The molecule has 4 nitrogen and oxygen atoms in total. The third-order valence-corrected chi connectivity index (χ3v) is 5.94. The molecule has 1 aliphatic heterocycles. The predicted octanol–water partition coefficient (Wildman–Crippen LogP) is 4.12. The zero-order valence-corrected chi connectivity index (χ0v) is 17.8. The number of carbonyl (C=O) groups is 2. The number of hydrogen-bond donors (Lipinski definition) is 1. The van der Waals surface area contributed by atoms with Crippen LogP contribution in [0.2, 0.25) is 0 Å². The van der Waals surface area contributed by atoms with Crippen LogP contribution in [0.25, 0.3) is 0 Å². The molecule has 2 aromatic carbocycles. The van der Waals surface area contributed by atoms with E-state index in [4.69, 9.17) is 0 Å². The second-order valence-corrected chi connectivity index (χ2v) is 8.72. The van der Waals surface area contributed by atoms with E-state index in [9.17, 15) is 9.59 Å². The minimum absolute atomic E-state index is 0.0722. The van der Waals surface area contributed by atoms with Crippen molar-refractivity contribution >= 4 is 11.8 Å². The van der Waals surface area contributed by atoms with Gasteiger partial charge in [-0.25, -0.2) is 0 Å². The monoisotopic (exact) mass is 392 g/mol. The molecule has 4 heteroatoms. The fraction of sp³-hybridized carbons (Fsp3) is 0.440. The molecule has 1 aliphatic rings. The lowest BCUT2D eigenvalue weighted by Gasteiger charge is -2.36. The van der Waals surface area contributed by atoms with Gasteiger partial charge in [-0.2, -0.15) is 0 Å². The van der Waals surface area contributed by atoms with E-state index in [1.165, 1.54) is 11.1 Å². The Balaban J connectivity index is 1.50. The van der Waals surface area contributed by atoms with Crippen LogP contribution in [0.5, 0.6) is 0 Å². The maximum atomic E-state index is 13.0. The Morgan fingerprint density at radius 2 is 1.59 bits per heavy atom. The Morgan fingerprint density at radius 1 is 0.966 bits per heavy atom. The van der Waals surface area contributed by atoms with Gasteiger partial charge in [0.25, 0.3) is 0 Å². The van der Waals surface area contributed by atoms with Crippen LogP contribution < -0.4 is 5.32 Å². The highest BCUT2D eigenvalue weighted by molar-refractivity contribution is 6.04. The van der Waals surface area contributed by atoms with Crippen molar-refractivity contribution in [2.24, 2.45) is 11.3 Å². The van der Waals surface area contributed by atoms with Crippen molar-refractivity contribution in [3.8, 4) is 0 Å². The van der Waals surface area contributed by atoms with Gasteiger partial charge >= 0.3 is 0 Å². The molecule has 0 unspecified atom stereocenters. The standard InChI is InChI=1S/C25H32N2O2/c1-19-9-11-22(12-10-19)18-26-23(28)25(2,3)24(29)27-15-13-21(14-16-27)17-20-7-5-4-6-8-20/h4-12,21H,13-18H2,1-3H3,(H,26,28). The van der Waals surface area contributed by atoms with Crippen molar-refractivity contribution in [2.45, 2.75) is 46.6 Å². The van der Waals surface area contributed by atoms with Crippen molar-refractivity contribution < 1.29 is 9.59 Å². The Morgan fingerprint density at radius 3 is 2.21 bits per heavy atom. The zero-order chi connectivity index (χ0) is 20.9. The molecule has 0 aliphatic carbocycles. The van der Waals surface area contributed by atoms with E-state index in [0.717, 1.165) is 37.9 Å². The van der Waals surface area contributed by atoms with Gasteiger partial charge in [0.05, 0.1) is 0 Å². The van der Waals surface area contributed by atoms with Crippen LogP contribution in [0.4, 0.5) is 0 Å². The third-order valence-electron chi connectivity index (χ3n) is 5.94. The van der Waals surface area contributed by atoms with E-state index in [2.05, 4.69) is 29.6 Å². The number of carbonyl (C=O) groups excluding carboxylic acids is 2. The van der Waals surface area contributed by atoms with Crippen LogP contribution in [0.15, 0.2) is 54.6 Å². The van der Waals surface area contributed by atoms with Crippen LogP contribution >= 0.6 is 0 Å². The second-order valence-electron chi connectivity index (χ2n) is 8.72. The molecular weight excluding hydrogens is 360 g/mol. The van der Waals surface area contributed by atoms with Crippen molar-refractivity contribution in [1.82, 2.24) is 10.2 Å². The number of likely N-dealkylation sites (tertiary alicyclic amines) is 1. The summed E-state index contributed by atoms with van der Waals surface area (Å²) in [6.45, 7) is 7.39. The normalized spacial score (nSPS) is 15.2. The molecule has 0 spiro atoms. The molecule has 1 saturated heterocycles. The lowest BCUT2D eigenvalue weighted by atomic mass is 9.86. The summed E-state index contributed by atoms with van der Waals surface area (Å²) in [5, 5.41) is 2.93. The van der Waals surface area contributed by atoms with E-state index in [-0.39, 0.29) is 11.8 Å². The zero-order valence-electron chi connectivity index (χ0n) is 17.8. The van der Waals surface area contributed by atoms with Gasteiger partial charge in [0, 0.05) is 19.6 Å². The molecule has 0 aromatic heterocycles. The van der Waals surface area contributed by atoms with Crippen molar-refractivity contribution in [2.75, 3.05) is 13.1 Å². The molecule has 1 fully saturated rings. The van der Waals surface area contributed by atoms with E-state index in [1.807, 2.05) is 42.2 Å². The molecule has 0 atom stereocenters. The van der Waals surface area contributed by atoms with E-state index in [0.29, 0.717) is 12.5 Å². The van der Waals surface area contributed by atoms with Gasteiger partial charge in [0.15, 0.2) is 0 Å². The Bertz CT molecular complexity index is 820. The number of amides is 2. The van der Waals surface area contributed by atoms with Gasteiger partial charge < -0.3 is 10.2 Å². The molecule has 2 aromatic rings. The molecule has 0 saturated carbocycles. The molecule has 1 heterocycles. The number of hydrogen-bond acceptors (Lipinski definition) is 2. The topological polar surface area (TPSA) is 49.4 Å². The first kappa shape index (κ1) is 21.1. The third kappa shape index (κ3) is 5.47. The summed E-state index contributed by atoms with van der Waals surface area (Å²) in [6, 6.07) is 18.6. The number of aryl methyl sites for hydroxylation is 1. The van der Waals surface area contributed by atoms with Crippen LogP contribution in [0.3, 0.4) is 0 Å². The number of nitrogens with zero attached hydrogens (tertiary/aromatic N) is 1. The van der Waals surface area contributed by atoms with Gasteiger partial charge in [-0.3, -0.25) is 9.59 Å². The van der Waals surface area contributed by atoms with Crippen LogP contribution in [0, 0.1) is 18.3 Å². The Hall–Kier alpha value is -2.62. The van der Waals surface area contributed by atoms with Crippen LogP contribution in [-0.4, -0.2) is 29.8 Å². The molecule has 0 bridgehead atoms. The van der Waals surface area contributed by atoms with Gasteiger partial charge in [-0.15, -0.1) is 0 Å². The first-order valence-electron chi connectivity index (χ1n) is 10.5. The number of nitrogens with one attached hydrogen (secondary N) is 1. The minimum atomic E-state index is -1.06. The summed E-state index contributed by atoms with van der Waals surface area (Å²) in [7, 11) is 0. The van der Waals surface area contributed by atoms with Crippen molar-refractivity contribution in [3.63, 3.8) is 0 Å². The van der Waals surface area contributed by atoms with Gasteiger partial charge in [0.1, 0.15) is 5.41 Å². The smallest absolute Gasteiger partial charge is 0.237 e. The first-order chi connectivity index (χ1) is 13.9. The largest absolute Gasteiger partial charge is 0.351 e. The average molecular weight is 393 g/mol. The summed E-state index contributed by atoms with van der Waals surface area (Å²) in [5.41, 5.74) is 2.52. The Labute approximate surface area is 174 Å². The molecule has 3 rings (SSSR count). The molecule has 29 heavy (non-hydrogen) atoms. The highest BCUT2D eigenvalue weighted by Gasteiger charge is 2.40. The number of piperidine rings is 1. The van der Waals surface area contributed by atoms with Crippen molar-refractivity contribution in [1.29, 1.82) is 0 Å². The summed E-state index contributed by atoms with van der Waals surface area (Å²) in [5.74, 6) is 0.312. The maximum Gasteiger partial charge on any atom is 0.237 e. The Kier molecular flexibility index (Phi) is 6.73. The van der Waals surface area contributed by atoms with Gasteiger partial charge in [-0.05, 0) is 57.1 Å². The lowest BCUT2D eigenvalue weighted by Crippen LogP contribution is -2.51. The molecular formula is C25H32N2O2. The van der Waals surface area contributed by atoms with Crippen LogP contribution in [0.1, 0.15) is 43.4 Å². The molecule has 154 valence electrons. The maximum absolute atomic E-state index is 13.0. The SMILES string of the molecule is Cc1ccc(CNC(=O)C(C)(C)C(=O)N2CCC(Cc3ccccc3)CC2)cc1. The van der Waals surface area contributed by atoms with E-state index in [1.54, 1.807) is 13.8 Å². The van der Waals surface area contributed by atoms with Gasteiger partial charge in [0.2, 0.25) is 11.8 Å². The lowest BCUT2D eigenvalue weighted by molar-refractivity contribution is -0.149. The average Bonchev–Trinajstić information content (AvgIpc) is 2.74. The first-order valence-corrected chi connectivity index (χ1v) is 10.5. The van der Waals surface area contributed by atoms with E-state index >= 15 is 0 Å². The molecule has 1 N–H and O–H groups in total. The predicted molar refractivity (Wildman–Crippen MR) is 116 cm³/mol. The molecule has 2 amide bonds. The van der Waals surface area contributed by atoms with Crippen LogP contribution in [-0.2, 0) is 22.6 Å². The number of benzene rings is 2. The highest BCUT2D eigenvalue weighted by atomic mass is 16.2. The fourth-order valence-corrected chi connectivity index (χ4v) is 3.89. The summed E-state index contributed by atoms with van der Waals surface area (Å²) in [6.07, 6.45) is 3.03. The van der Waals surface area contributed by atoms with Gasteiger partial charge in [-0.1, -0.05) is 60.2 Å². The quantitative estimate of drug-likeness (QED) is 0.752. The highest BCUT2D eigenvalue weighted by Crippen LogP contribution is 2.26. The summed E-state index contributed by atoms with van der Waals surface area (Å²) >= 11 is 0. The fourth-order valence-electron chi connectivity index (χ4n) is 3.89. The second kappa shape index (κ2) is 9.25. The van der Waals surface area contributed by atoms with E-state index < -0.39 is 5.41 Å². The number of rotatable bonds is 6. The van der Waals surface area contributed by atoms with Crippen molar-refractivity contribution in [3.05, 3.63) is 71.3 Å². The summed E-state index contributed by atoms with van der Waals surface area (Å²) in [4.78, 5) is 27.7. The summed E-state index contributed by atoms with van der Waals surface area (Å²) < 4.78 is 0. The molecule has 0 radical (unpaired) electrons. The minimum Gasteiger partial charge on any atom is -0.351 e.